The van der Waals surface area contributed by atoms with E-state index in [1.54, 1.807) is 6.92 Å². The minimum Gasteiger partial charge on any atom is -0.462 e. The summed E-state index contributed by atoms with van der Waals surface area (Å²) in [6.07, 6.45) is 0.938. The van der Waals surface area contributed by atoms with Crippen LogP contribution in [0.5, 0.6) is 0 Å². The molecule has 1 aliphatic rings. The Kier molecular flexibility index (Phi) is 2.43. The van der Waals surface area contributed by atoms with Crippen LogP contribution < -0.4 is 5.32 Å². The summed E-state index contributed by atoms with van der Waals surface area (Å²) < 4.78 is 5.76. The summed E-state index contributed by atoms with van der Waals surface area (Å²) >= 11 is 0. The maximum atomic E-state index is 11.5. The number of nitrogens with one attached hydrogen (secondary N) is 1. The van der Waals surface area contributed by atoms with Gasteiger partial charge in [0.05, 0.1) is 12.8 Å². The molecular weight excluding hydrogens is 214 g/mol. The normalized spacial score (nSPS) is 14.3. The first-order valence-corrected chi connectivity index (χ1v) is 4.71. The smallest absolute Gasteiger partial charge is 0.343 e. The Morgan fingerprint density at radius 3 is 3.06 bits per heavy atom. The maximum Gasteiger partial charge on any atom is 0.343 e. The third-order valence-electron chi connectivity index (χ3n) is 2.07. The molecule has 0 saturated carbocycles. The monoisotopic (exact) mass is 223 g/mol. The minimum absolute atomic E-state index is 0.0831. The molecule has 0 saturated heterocycles. The van der Waals surface area contributed by atoms with E-state index in [-0.39, 0.29) is 24.4 Å². The fourth-order valence-corrected chi connectivity index (χ4v) is 1.40. The van der Waals surface area contributed by atoms with Crippen LogP contribution in [-0.2, 0) is 9.53 Å². The second-order valence-electron chi connectivity index (χ2n) is 3.16. The van der Waals surface area contributed by atoms with Crippen molar-refractivity contribution in [2.24, 2.45) is 0 Å². The number of amides is 1. The lowest BCUT2D eigenvalue weighted by molar-refractivity contribution is -0.115. The summed E-state index contributed by atoms with van der Waals surface area (Å²) in [5, 5.41) is 6.15. The molecule has 1 aromatic rings. The molecule has 2 heterocycles. The van der Waals surface area contributed by atoms with E-state index in [1.807, 2.05) is 0 Å². The zero-order valence-corrected chi connectivity index (χ0v) is 8.52. The predicted octanol–water partition coefficient (Wildman–Crippen LogP) is 0.0422. The predicted molar refractivity (Wildman–Crippen MR) is 52.1 cm³/mol. The Morgan fingerprint density at radius 2 is 2.38 bits per heavy atom. The Balaban J connectivity index is 2.40. The molecule has 1 N–H and O–H groups in total. The molecular formula is C9H9N3O4. The molecule has 0 bridgehead atoms. The highest BCUT2D eigenvalue weighted by molar-refractivity contribution is 6.12. The van der Waals surface area contributed by atoms with Crippen molar-refractivity contribution in [1.82, 2.24) is 9.78 Å². The van der Waals surface area contributed by atoms with Crippen LogP contribution in [0.3, 0.4) is 0 Å². The molecule has 2 rings (SSSR count). The first kappa shape index (κ1) is 10.3. The van der Waals surface area contributed by atoms with Crippen LogP contribution in [0.15, 0.2) is 6.20 Å². The average Bonchev–Trinajstić information content (AvgIpc) is 2.61. The number of rotatable bonds is 2. The number of hydrogen-bond acceptors (Lipinski definition) is 5. The number of aromatic nitrogens is 2. The molecule has 0 spiro atoms. The molecule has 1 amide bonds. The minimum atomic E-state index is -0.612. The largest absolute Gasteiger partial charge is 0.462 e. The van der Waals surface area contributed by atoms with Gasteiger partial charge in [-0.2, -0.15) is 9.78 Å². The van der Waals surface area contributed by atoms with Crippen LogP contribution in [0.1, 0.15) is 28.5 Å². The standard InChI is InChI=1S/C9H9N3O4/c1-2-16-9(15)5-4-10-12-7(14)3-6(13)11-8(5)12/h4H,2-3H2,1H3,(H,11,13). The number of anilines is 1. The lowest BCUT2D eigenvalue weighted by Crippen LogP contribution is -2.30. The van der Waals surface area contributed by atoms with Crippen molar-refractivity contribution in [2.75, 3.05) is 11.9 Å². The molecule has 0 unspecified atom stereocenters. The summed E-state index contributed by atoms with van der Waals surface area (Å²) in [5.74, 6) is -1.45. The lowest BCUT2D eigenvalue weighted by Gasteiger charge is -2.13. The molecule has 0 aliphatic carbocycles. The molecule has 0 radical (unpaired) electrons. The fraction of sp³-hybridized carbons (Fsp3) is 0.333. The van der Waals surface area contributed by atoms with E-state index in [0.29, 0.717) is 0 Å². The van der Waals surface area contributed by atoms with Crippen LogP contribution in [0.4, 0.5) is 5.82 Å². The van der Waals surface area contributed by atoms with Gasteiger partial charge in [0, 0.05) is 0 Å². The summed E-state index contributed by atoms with van der Waals surface area (Å²) in [4.78, 5) is 34.0. The van der Waals surface area contributed by atoms with Gasteiger partial charge in [-0.1, -0.05) is 0 Å². The molecule has 7 heteroatoms. The van der Waals surface area contributed by atoms with Crippen molar-refractivity contribution in [3.8, 4) is 0 Å². The highest BCUT2D eigenvalue weighted by Gasteiger charge is 2.28. The van der Waals surface area contributed by atoms with Crippen molar-refractivity contribution in [2.45, 2.75) is 13.3 Å². The Labute approximate surface area is 90.4 Å². The number of carbonyl (C=O) groups is 3. The second-order valence-corrected chi connectivity index (χ2v) is 3.16. The van der Waals surface area contributed by atoms with Crippen molar-refractivity contribution in [1.29, 1.82) is 0 Å². The van der Waals surface area contributed by atoms with Crippen LogP contribution in [0, 0.1) is 0 Å². The summed E-state index contributed by atoms with van der Waals surface area (Å²) in [6, 6.07) is 0. The van der Waals surface area contributed by atoms with Crippen LogP contribution >= 0.6 is 0 Å². The van der Waals surface area contributed by atoms with E-state index in [1.165, 1.54) is 6.20 Å². The molecule has 0 fully saturated rings. The van der Waals surface area contributed by atoms with Gasteiger partial charge in [-0.15, -0.1) is 0 Å². The number of fused-ring (bicyclic) bond motifs is 1. The van der Waals surface area contributed by atoms with E-state index in [0.717, 1.165) is 4.68 Å². The van der Waals surface area contributed by atoms with E-state index >= 15 is 0 Å². The summed E-state index contributed by atoms with van der Waals surface area (Å²) in [6.45, 7) is 1.88. The molecule has 84 valence electrons. The van der Waals surface area contributed by atoms with Gasteiger partial charge in [-0.3, -0.25) is 9.59 Å². The zero-order valence-electron chi connectivity index (χ0n) is 8.52. The van der Waals surface area contributed by atoms with Crippen LogP contribution in [0.2, 0.25) is 0 Å². The van der Waals surface area contributed by atoms with E-state index in [4.69, 9.17) is 4.74 Å². The highest BCUT2D eigenvalue weighted by Crippen LogP contribution is 2.20. The van der Waals surface area contributed by atoms with Gasteiger partial charge < -0.3 is 10.1 Å². The first-order valence-electron chi connectivity index (χ1n) is 4.71. The Bertz CT molecular complexity index is 477. The van der Waals surface area contributed by atoms with E-state index < -0.39 is 17.8 Å². The van der Waals surface area contributed by atoms with Gasteiger partial charge in [0.1, 0.15) is 12.0 Å². The molecule has 1 aromatic heterocycles. The number of ether oxygens (including phenoxy) is 1. The van der Waals surface area contributed by atoms with Gasteiger partial charge in [0.15, 0.2) is 5.82 Å². The molecule has 1 aliphatic heterocycles. The van der Waals surface area contributed by atoms with Crippen molar-refractivity contribution in [3.05, 3.63) is 11.8 Å². The van der Waals surface area contributed by atoms with Crippen molar-refractivity contribution in [3.63, 3.8) is 0 Å². The van der Waals surface area contributed by atoms with Gasteiger partial charge >= 0.3 is 5.97 Å². The molecule has 16 heavy (non-hydrogen) atoms. The fourth-order valence-electron chi connectivity index (χ4n) is 1.40. The topological polar surface area (TPSA) is 90.3 Å². The summed E-state index contributed by atoms with van der Waals surface area (Å²) in [5.41, 5.74) is 0.0863. The van der Waals surface area contributed by atoms with E-state index in [2.05, 4.69) is 10.4 Å². The third-order valence-corrected chi connectivity index (χ3v) is 2.07. The van der Waals surface area contributed by atoms with Gasteiger partial charge in [-0.05, 0) is 6.92 Å². The summed E-state index contributed by atoms with van der Waals surface area (Å²) in [7, 11) is 0. The third kappa shape index (κ3) is 1.56. The number of esters is 1. The van der Waals surface area contributed by atoms with Crippen LogP contribution in [0.25, 0.3) is 0 Å². The zero-order chi connectivity index (χ0) is 11.7. The van der Waals surface area contributed by atoms with E-state index in [9.17, 15) is 14.4 Å². The lowest BCUT2D eigenvalue weighted by atomic mass is 10.2. The van der Waals surface area contributed by atoms with Gasteiger partial charge in [-0.25, -0.2) is 4.79 Å². The van der Waals surface area contributed by atoms with Crippen molar-refractivity contribution >= 4 is 23.6 Å². The van der Waals surface area contributed by atoms with Gasteiger partial charge in [0.25, 0.3) is 5.91 Å². The average molecular weight is 223 g/mol. The maximum absolute atomic E-state index is 11.5. The second kappa shape index (κ2) is 3.76. The first-order chi connectivity index (χ1) is 7.63. The molecule has 0 aromatic carbocycles. The highest BCUT2D eigenvalue weighted by atomic mass is 16.5. The van der Waals surface area contributed by atoms with Gasteiger partial charge in [0.2, 0.25) is 5.91 Å². The molecule has 0 atom stereocenters. The van der Waals surface area contributed by atoms with Crippen molar-refractivity contribution < 1.29 is 19.1 Å². The Morgan fingerprint density at radius 1 is 1.62 bits per heavy atom. The quantitative estimate of drug-likeness (QED) is 0.564. The van der Waals surface area contributed by atoms with Crippen LogP contribution in [-0.4, -0.2) is 34.2 Å². The molecule has 7 nitrogen and oxygen atoms in total. The number of hydrogen-bond donors (Lipinski definition) is 1. The Hall–Kier alpha value is -2.18. The number of nitrogens with zero attached hydrogens (tertiary/aromatic N) is 2. The number of carbonyl (C=O) groups excluding carboxylic acids is 3. The SMILES string of the molecule is CCOC(=O)c1cnn2c1NC(=O)CC2=O.